The van der Waals surface area contributed by atoms with Crippen LogP contribution in [-0.4, -0.2) is 20.5 Å². The van der Waals surface area contributed by atoms with Gasteiger partial charge in [0.15, 0.2) is 5.78 Å². The first kappa shape index (κ1) is 23.9. The van der Waals surface area contributed by atoms with Crippen molar-refractivity contribution in [2.75, 3.05) is 5.32 Å². The minimum atomic E-state index is -0.468. The monoisotopic (exact) mass is 540 g/mol. The second kappa shape index (κ2) is 10.1. The minimum Gasteiger partial charge on any atom is -0.328 e. The SMILES string of the molecule is CC1=C(C(=O)c2ccc(Cl)cc2)C(c2ccc(Cl)cc2)n2nc(SCc3ccc(Cl)cc3)nc2N1. The summed E-state index contributed by atoms with van der Waals surface area (Å²) < 4.78 is 1.77. The summed E-state index contributed by atoms with van der Waals surface area (Å²) in [6.45, 7) is 1.88. The molecule has 1 N–H and O–H groups in total. The molecule has 3 aromatic carbocycles. The van der Waals surface area contributed by atoms with Gasteiger partial charge in [-0.05, 0) is 66.6 Å². The van der Waals surface area contributed by atoms with Gasteiger partial charge in [0.1, 0.15) is 6.04 Å². The largest absolute Gasteiger partial charge is 0.328 e. The van der Waals surface area contributed by atoms with Gasteiger partial charge in [0.25, 0.3) is 0 Å². The summed E-state index contributed by atoms with van der Waals surface area (Å²) in [6.07, 6.45) is 0. The van der Waals surface area contributed by atoms with Crippen LogP contribution >= 0.6 is 46.6 Å². The van der Waals surface area contributed by atoms with E-state index in [-0.39, 0.29) is 5.78 Å². The van der Waals surface area contributed by atoms with Crippen LogP contribution in [0, 0.1) is 0 Å². The predicted octanol–water partition coefficient (Wildman–Crippen LogP) is 7.70. The number of thioether (sulfide) groups is 1. The van der Waals surface area contributed by atoms with Crippen molar-refractivity contribution in [2.24, 2.45) is 0 Å². The molecule has 5 rings (SSSR count). The molecular weight excluding hydrogens is 523 g/mol. The number of carbonyl (C=O) groups is 1. The number of nitrogens with zero attached hydrogens (tertiary/aromatic N) is 3. The summed E-state index contributed by atoms with van der Waals surface area (Å²) in [4.78, 5) is 18.4. The number of hydrogen-bond acceptors (Lipinski definition) is 5. The fourth-order valence-corrected chi connectivity index (χ4v) is 5.09. The molecule has 1 aromatic heterocycles. The molecule has 4 aromatic rings. The lowest BCUT2D eigenvalue weighted by molar-refractivity contribution is 0.102. The lowest BCUT2D eigenvalue weighted by Gasteiger charge is -2.28. The zero-order chi connectivity index (χ0) is 24.5. The van der Waals surface area contributed by atoms with Crippen molar-refractivity contribution >= 4 is 58.3 Å². The molecule has 0 saturated heterocycles. The number of allylic oxidation sites excluding steroid dienone is 2. The van der Waals surface area contributed by atoms with Crippen LogP contribution in [-0.2, 0) is 5.75 Å². The van der Waals surface area contributed by atoms with E-state index < -0.39 is 6.04 Å². The Kier molecular flexibility index (Phi) is 6.89. The fourth-order valence-electron chi connectivity index (χ4n) is 3.93. The van der Waals surface area contributed by atoms with Gasteiger partial charge in [-0.2, -0.15) is 4.98 Å². The highest BCUT2D eigenvalue weighted by Crippen LogP contribution is 2.38. The highest BCUT2D eigenvalue weighted by Gasteiger charge is 2.34. The van der Waals surface area contributed by atoms with Gasteiger partial charge in [-0.1, -0.05) is 70.8 Å². The van der Waals surface area contributed by atoms with Gasteiger partial charge >= 0.3 is 0 Å². The van der Waals surface area contributed by atoms with Crippen molar-refractivity contribution in [3.63, 3.8) is 0 Å². The molecule has 2 heterocycles. The fraction of sp³-hybridized carbons (Fsp3) is 0.115. The molecule has 1 atom stereocenters. The zero-order valence-electron chi connectivity index (χ0n) is 18.5. The van der Waals surface area contributed by atoms with E-state index in [1.807, 2.05) is 55.5 Å². The first-order valence-electron chi connectivity index (χ1n) is 10.8. The summed E-state index contributed by atoms with van der Waals surface area (Å²) >= 11 is 19.7. The van der Waals surface area contributed by atoms with Crippen LogP contribution in [0.25, 0.3) is 0 Å². The number of hydrogen-bond donors (Lipinski definition) is 1. The van der Waals surface area contributed by atoms with E-state index in [2.05, 4.69) is 5.32 Å². The van der Waals surface area contributed by atoms with Gasteiger partial charge in [0.2, 0.25) is 11.1 Å². The van der Waals surface area contributed by atoms with E-state index in [1.54, 1.807) is 28.9 Å². The average molecular weight is 542 g/mol. The molecule has 1 unspecified atom stereocenters. The van der Waals surface area contributed by atoms with Crippen LogP contribution in [0.15, 0.2) is 89.2 Å². The van der Waals surface area contributed by atoms with E-state index in [9.17, 15) is 4.79 Å². The summed E-state index contributed by atoms with van der Waals surface area (Å²) in [7, 11) is 0. The number of Topliss-reactive ketones (excluding diaryl/α,β-unsaturated/α-hetero) is 1. The van der Waals surface area contributed by atoms with Gasteiger partial charge in [-0.25, -0.2) is 4.68 Å². The van der Waals surface area contributed by atoms with E-state index >= 15 is 0 Å². The van der Waals surface area contributed by atoms with Crippen LogP contribution < -0.4 is 5.32 Å². The average Bonchev–Trinajstić information content (AvgIpc) is 3.26. The Morgan fingerprint density at radius 1 is 0.914 bits per heavy atom. The maximum absolute atomic E-state index is 13.7. The maximum atomic E-state index is 13.7. The normalized spacial score (nSPS) is 15.0. The van der Waals surface area contributed by atoms with Crippen molar-refractivity contribution in [3.05, 3.63) is 116 Å². The third kappa shape index (κ3) is 5.11. The molecule has 1 aliphatic heterocycles. The van der Waals surface area contributed by atoms with Crippen molar-refractivity contribution in [2.45, 2.75) is 23.9 Å². The molecule has 0 radical (unpaired) electrons. The maximum Gasteiger partial charge on any atom is 0.227 e. The van der Waals surface area contributed by atoms with Gasteiger partial charge < -0.3 is 5.32 Å². The molecule has 5 nitrogen and oxygen atoms in total. The quantitative estimate of drug-likeness (QED) is 0.200. The van der Waals surface area contributed by atoms with Gasteiger partial charge in [-0.15, -0.1) is 5.10 Å². The number of ketones is 1. The number of rotatable bonds is 6. The van der Waals surface area contributed by atoms with Crippen molar-refractivity contribution < 1.29 is 4.79 Å². The molecule has 0 fully saturated rings. The first-order chi connectivity index (χ1) is 16.9. The number of fused-ring (bicyclic) bond motifs is 1. The van der Waals surface area contributed by atoms with Gasteiger partial charge in [0.05, 0.1) is 0 Å². The van der Waals surface area contributed by atoms with Crippen molar-refractivity contribution in [1.29, 1.82) is 0 Å². The summed E-state index contributed by atoms with van der Waals surface area (Å²) in [5.41, 5.74) is 3.85. The highest BCUT2D eigenvalue weighted by atomic mass is 35.5. The van der Waals surface area contributed by atoms with E-state index in [0.717, 1.165) is 16.8 Å². The Labute approximate surface area is 222 Å². The second-order valence-corrected chi connectivity index (χ2v) is 10.3. The molecule has 0 amide bonds. The van der Waals surface area contributed by atoms with E-state index in [4.69, 9.17) is 44.9 Å². The molecule has 0 aliphatic carbocycles. The van der Waals surface area contributed by atoms with Crippen LogP contribution in [0.2, 0.25) is 15.1 Å². The highest BCUT2D eigenvalue weighted by molar-refractivity contribution is 7.98. The summed E-state index contributed by atoms with van der Waals surface area (Å²) in [5, 5.41) is 10.5. The molecule has 9 heteroatoms. The predicted molar refractivity (Wildman–Crippen MR) is 143 cm³/mol. The lowest BCUT2D eigenvalue weighted by atomic mass is 9.90. The number of carbonyl (C=O) groups excluding carboxylic acids is 1. The third-order valence-electron chi connectivity index (χ3n) is 5.65. The Morgan fingerprint density at radius 3 is 2.11 bits per heavy atom. The number of nitrogens with one attached hydrogen (secondary N) is 1. The smallest absolute Gasteiger partial charge is 0.227 e. The second-order valence-electron chi connectivity index (χ2n) is 8.03. The van der Waals surface area contributed by atoms with Crippen LogP contribution in [0.5, 0.6) is 0 Å². The van der Waals surface area contributed by atoms with Crippen molar-refractivity contribution in [1.82, 2.24) is 14.8 Å². The number of aromatic nitrogens is 3. The van der Waals surface area contributed by atoms with Crippen LogP contribution in [0.3, 0.4) is 0 Å². The topological polar surface area (TPSA) is 59.8 Å². The molecule has 0 spiro atoms. The molecule has 0 bridgehead atoms. The molecule has 176 valence electrons. The lowest BCUT2D eigenvalue weighted by Crippen LogP contribution is -2.28. The Hall–Kier alpha value is -2.77. The Balaban J connectivity index is 1.52. The number of halogens is 3. The van der Waals surface area contributed by atoms with Crippen LogP contribution in [0.1, 0.15) is 34.5 Å². The molecule has 1 aliphatic rings. The standard InChI is InChI=1S/C26H19Cl3N4OS/c1-15-22(24(34)18-6-12-21(29)13-7-18)23(17-4-10-20(28)11-5-17)33-25(30-15)31-26(32-33)35-14-16-2-8-19(27)9-3-16/h2-13,23H,14H2,1H3,(H,30,31,32). The molecular formula is C26H19Cl3N4OS. The van der Waals surface area contributed by atoms with E-state index in [1.165, 1.54) is 11.8 Å². The van der Waals surface area contributed by atoms with Gasteiger partial charge in [0, 0.05) is 37.7 Å². The Morgan fingerprint density at radius 2 is 1.49 bits per heavy atom. The molecule has 35 heavy (non-hydrogen) atoms. The minimum absolute atomic E-state index is 0.108. The van der Waals surface area contributed by atoms with Gasteiger partial charge in [-0.3, -0.25) is 4.79 Å². The summed E-state index contributed by atoms with van der Waals surface area (Å²) in [6, 6.07) is 21.5. The number of anilines is 1. The Bertz CT molecular complexity index is 1410. The number of benzene rings is 3. The zero-order valence-corrected chi connectivity index (χ0v) is 21.6. The molecule has 0 saturated carbocycles. The summed E-state index contributed by atoms with van der Waals surface area (Å²) in [5.74, 6) is 1.16. The van der Waals surface area contributed by atoms with E-state index in [0.29, 0.717) is 43.1 Å². The third-order valence-corrected chi connectivity index (χ3v) is 7.32. The van der Waals surface area contributed by atoms with Crippen LogP contribution in [0.4, 0.5) is 5.95 Å². The van der Waals surface area contributed by atoms with Crippen molar-refractivity contribution in [3.8, 4) is 0 Å². The first-order valence-corrected chi connectivity index (χ1v) is 12.9.